The number of rotatable bonds is 5. The zero-order valence-electron chi connectivity index (χ0n) is 18.1. The highest BCUT2D eigenvalue weighted by Crippen LogP contribution is 2.26. The number of aromatic nitrogens is 1. The first kappa shape index (κ1) is 22.8. The molecular weight excluding hydrogens is 449 g/mol. The SMILES string of the molecule is CCn1c(=NC(=O)c2ccc(S(=O)(=O)N(C)C3CCCCC3)cc2)sc2cccc(F)c21. The number of thiazole rings is 1. The van der Waals surface area contributed by atoms with E-state index in [0.717, 1.165) is 32.1 Å². The number of nitrogens with zero attached hydrogens (tertiary/aromatic N) is 3. The van der Waals surface area contributed by atoms with Crippen molar-refractivity contribution in [3.63, 3.8) is 0 Å². The van der Waals surface area contributed by atoms with Crippen LogP contribution in [0.1, 0.15) is 49.4 Å². The van der Waals surface area contributed by atoms with E-state index in [2.05, 4.69) is 4.99 Å². The second-order valence-corrected chi connectivity index (χ2v) is 11.0. The summed E-state index contributed by atoms with van der Waals surface area (Å²) in [6, 6.07) is 10.7. The molecule has 0 radical (unpaired) electrons. The standard InChI is InChI=1S/C23H26FN3O3S2/c1-3-27-21-19(24)10-7-11-20(21)31-23(27)25-22(28)16-12-14-18(15-13-16)32(29,30)26(2)17-8-5-4-6-9-17/h7,10-15,17H,3-6,8-9H2,1-2H3. The largest absolute Gasteiger partial charge is 0.314 e. The van der Waals surface area contributed by atoms with Gasteiger partial charge in [0.15, 0.2) is 4.80 Å². The molecule has 2 aromatic carbocycles. The van der Waals surface area contributed by atoms with Gasteiger partial charge in [-0.15, -0.1) is 0 Å². The molecule has 1 amide bonds. The van der Waals surface area contributed by atoms with Crippen LogP contribution in [0.25, 0.3) is 10.2 Å². The van der Waals surface area contributed by atoms with E-state index in [1.165, 1.54) is 46.0 Å². The topological polar surface area (TPSA) is 71.7 Å². The van der Waals surface area contributed by atoms with Crippen LogP contribution >= 0.6 is 11.3 Å². The molecule has 3 aromatic rings. The van der Waals surface area contributed by atoms with Crippen LogP contribution in [0.15, 0.2) is 52.4 Å². The second kappa shape index (κ2) is 9.25. The summed E-state index contributed by atoms with van der Waals surface area (Å²) in [5.74, 6) is -0.852. The molecule has 1 aliphatic carbocycles. The fraction of sp³-hybridized carbons (Fsp3) is 0.391. The average Bonchev–Trinajstić information content (AvgIpc) is 3.17. The number of sulfonamides is 1. The normalized spacial score (nSPS) is 16.2. The summed E-state index contributed by atoms with van der Waals surface area (Å²) < 4.78 is 44.1. The minimum absolute atomic E-state index is 0.0166. The van der Waals surface area contributed by atoms with Gasteiger partial charge in [-0.05, 0) is 56.2 Å². The third-order valence-corrected chi connectivity index (χ3v) is 9.00. The van der Waals surface area contributed by atoms with Gasteiger partial charge in [0.1, 0.15) is 5.82 Å². The molecule has 9 heteroatoms. The summed E-state index contributed by atoms with van der Waals surface area (Å²) in [5.41, 5.74) is 0.712. The Morgan fingerprint density at radius 3 is 2.50 bits per heavy atom. The third-order valence-electron chi connectivity index (χ3n) is 6.03. The molecule has 1 aromatic heterocycles. The number of aryl methyl sites for hydroxylation is 1. The zero-order chi connectivity index (χ0) is 22.9. The van der Waals surface area contributed by atoms with Crippen LogP contribution < -0.4 is 4.80 Å². The van der Waals surface area contributed by atoms with E-state index >= 15 is 0 Å². The van der Waals surface area contributed by atoms with Crippen LogP contribution in [0.2, 0.25) is 0 Å². The van der Waals surface area contributed by atoms with Crippen molar-refractivity contribution in [3.8, 4) is 0 Å². The first-order valence-corrected chi connectivity index (χ1v) is 13.0. The first-order chi connectivity index (χ1) is 15.3. The molecule has 4 rings (SSSR count). The fourth-order valence-corrected chi connectivity index (χ4v) is 6.72. The Kier molecular flexibility index (Phi) is 6.60. The molecule has 1 saturated carbocycles. The highest BCUT2D eigenvalue weighted by molar-refractivity contribution is 7.89. The van der Waals surface area contributed by atoms with Gasteiger partial charge in [-0.25, -0.2) is 12.8 Å². The third kappa shape index (κ3) is 4.29. The van der Waals surface area contributed by atoms with E-state index in [0.29, 0.717) is 21.6 Å². The number of amides is 1. The van der Waals surface area contributed by atoms with Gasteiger partial charge >= 0.3 is 0 Å². The second-order valence-electron chi connectivity index (χ2n) is 7.97. The van der Waals surface area contributed by atoms with Gasteiger partial charge in [0, 0.05) is 25.2 Å². The number of para-hydroxylation sites is 1. The smallest absolute Gasteiger partial charge is 0.279 e. The monoisotopic (exact) mass is 475 g/mol. The zero-order valence-corrected chi connectivity index (χ0v) is 19.8. The minimum atomic E-state index is -3.63. The van der Waals surface area contributed by atoms with Crippen molar-refractivity contribution in [2.75, 3.05) is 7.05 Å². The first-order valence-electron chi connectivity index (χ1n) is 10.8. The van der Waals surface area contributed by atoms with Crippen molar-refractivity contribution >= 4 is 37.5 Å². The predicted octanol–water partition coefficient (Wildman–Crippen LogP) is 4.56. The quantitative estimate of drug-likeness (QED) is 0.543. The Morgan fingerprint density at radius 2 is 1.84 bits per heavy atom. The summed E-state index contributed by atoms with van der Waals surface area (Å²) >= 11 is 1.25. The molecule has 170 valence electrons. The minimum Gasteiger partial charge on any atom is -0.314 e. The highest BCUT2D eigenvalue weighted by Gasteiger charge is 2.29. The number of carbonyl (C=O) groups excluding carboxylic acids is 1. The molecule has 0 spiro atoms. The van der Waals surface area contributed by atoms with Gasteiger partial charge in [0.05, 0.1) is 15.1 Å². The highest BCUT2D eigenvalue weighted by atomic mass is 32.2. The van der Waals surface area contributed by atoms with Crippen LogP contribution in [0.3, 0.4) is 0 Å². The van der Waals surface area contributed by atoms with Gasteiger partial charge in [-0.3, -0.25) is 4.79 Å². The van der Waals surface area contributed by atoms with Gasteiger partial charge in [0.2, 0.25) is 10.0 Å². The Hall–Kier alpha value is -2.36. The summed E-state index contributed by atoms with van der Waals surface area (Å²) in [6.07, 6.45) is 4.98. The van der Waals surface area contributed by atoms with Crippen LogP contribution in [0, 0.1) is 5.82 Å². The van der Waals surface area contributed by atoms with Gasteiger partial charge in [0.25, 0.3) is 5.91 Å². The Morgan fingerprint density at radius 1 is 1.16 bits per heavy atom. The molecular formula is C23H26FN3O3S2. The summed E-state index contributed by atoms with van der Waals surface area (Å²) in [5, 5.41) is 0. The van der Waals surface area contributed by atoms with Gasteiger partial charge in [-0.2, -0.15) is 9.30 Å². The molecule has 1 aliphatic rings. The number of benzene rings is 2. The van der Waals surface area contributed by atoms with Crippen LogP contribution in [-0.2, 0) is 16.6 Å². The van der Waals surface area contributed by atoms with E-state index < -0.39 is 15.9 Å². The summed E-state index contributed by atoms with van der Waals surface area (Å²) in [4.78, 5) is 17.5. The molecule has 0 atom stereocenters. The summed E-state index contributed by atoms with van der Waals surface area (Å²) in [6.45, 7) is 2.34. The lowest BCUT2D eigenvalue weighted by Crippen LogP contribution is -2.38. The van der Waals surface area contributed by atoms with Crippen molar-refractivity contribution in [3.05, 3.63) is 58.6 Å². The summed E-state index contributed by atoms with van der Waals surface area (Å²) in [7, 11) is -2.00. The molecule has 32 heavy (non-hydrogen) atoms. The molecule has 0 aliphatic heterocycles. The predicted molar refractivity (Wildman–Crippen MR) is 124 cm³/mol. The lowest BCUT2D eigenvalue weighted by atomic mass is 9.96. The molecule has 0 saturated heterocycles. The Labute approximate surface area is 191 Å². The lowest BCUT2D eigenvalue weighted by molar-refractivity contribution is 0.0997. The number of fused-ring (bicyclic) bond motifs is 1. The molecule has 1 heterocycles. The van der Waals surface area contributed by atoms with Crippen molar-refractivity contribution in [2.45, 2.75) is 56.5 Å². The molecule has 0 unspecified atom stereocenters. The van der Waals surface area contributed by atoms with Gasteiger partial charge < -0.3 is 4.57 Å². The molecule has 1 fully saturated rings. The van der Waals surface area contributed by atoms with Crippen molar-refractivity contribution in [1.29, 1.82) is 0 Å². The maximum atomic E-state index is 14.3. The average molecular weight is 476 g/mol. The number of halogens is 1. The Bertz CT molecular complexity index is 1300. The maximum Gasteiger partial charge on any atom is 0.279 e. The fourth-order valence-electron chi connectivity index (χ4n) is 4.19. The maximum absolute atomic E-state index is 14.3. The van der Waals surface area contributed by atoms with E-state index in [1.807, 2.05) is 6.92 Å². The van der Waals surface area contributed by atoms with E-state index in [4.69, 9.17) is 0 Å². The van der Waals surface area contributed by atoms with Crippen molar-refractivity contribution < 1.29 is 17.6 Å². The molecule has 6 nitrogen and oxygen atoms in total. The van der Waals surface area contributed by atoms with E-state index in [9.17, 15) is 17.6 Å². The van der Waals surface area contributed by atoms with Crippen molar-refractivity contribution in [1.82, 2.24) is 8.87 Å². The lowest BCUT2D eigenvalue weighted by Gasteiger charge is -2.30. The number of hydrogen-bond donors (Lipinski definition) is 0. The molecule has 0 bridgehead atoms. The van der Waals surface area contributed by atoms with E-state index in [1.54, 1.807) is 23.7 Å². The molecule has 0 N–H and O–H groups in total. The Balaban J connectivity index is 1.61. The number of carbonyl (C=O) groups is 1. The van der Waals surface area contributed by atoms with E-state index in [-0.39, 0.29) is 22.3 Å². The van der Waals surface area contributed by atoms with Crippen LogP contribution in [-0.4, -0.2) is 36.3 Å². The van der Waals surface area contributed by atoms with Gasteiger partial charge in [-0.1, -0.05) is 36.7 Å². The van der Waals surface area contributed by atoms with Crippen LogP contribution in [0.5, 0.6) is 0 Å². The number of hydrogen-bond acceptors (Lipinski definition) is 4. The van der Waals surface area contributed by atoms with Crippen molar-refractivity contribution in [2.24, 2.45) is 4.99 Å². The van der Waals surface area contributed by atoms with Crippen LogP contribution in [0.4, 0.5) is 4.39 Å².